The lowest BCUT2D eigenvalue weighted by Gasteiger charge is -2.33. The van der Waals surface area contributed by atoms with E-state index in [2.05, 4.69) is 27.4 Å². The normalized spacial score (nSPS) is 16.8. The molecule has 0 aliphatic carbocycles. The van der Waals surface area contributed by atoms with Crippen LogP contribution in [0.25, 0.3) is 5.69 Å². The fourth-order valence-electron chi connectivity index (χ4n) is 4.04. The summed E-state index contributed by atoms with van der Waals surface area (Å²) in [5.41, 5.74) is 2.67. The molecule has 1 unspecified atom stereocenters. The Kier molecular flexibility index (Phi) is 6.62. The zero-order valence-corrected chi connectivity index (χ0v) is 18.1. The highest BCUT2D eigenvalue weighted by Crippen LogP contribution is 2.21. The number of benzene rings is 2. The van der Waals surface area contributed by atoms with Crippen molar-refractivity contribution in [2.75, 3.05) is 26.2 Å². The molecule has 2 heterocycles. The summed E-state index contributed by atoms with van der Waals surface area (Å²) in [5, 5.41) is 7.23. The van der Waals surface area contributed by atoms with Crippen LogP contribution in [0, 0.1) is 25.5 Å². The average Bonchev–Trinajstić information content (AvgIpc) is 3.07. The second kappa shape index (κ2) is 9.58. The van der Waals surface area contributed by atoms with Gasteiger partial charge in [0.25, 0.3) is 5.91 Å². The Morgan fingerprint density at radius 3 is 2.72 bits per heavy atom. The summed E-state index contributed by atoms with van der Waals surface area (Å²) in [4.78, 5) is 15.2. The van der Waals surface area contributed by atoms with Gasteiger partial charge in [-0.05, 0) is 31.5 Å². The number of aromatic nitrogens is 2. The second-order valence-corrected chi connectivity index (χ2v) is 7.98. The minimum Gasteiger partial charge on any atom is -0.374 e. The Bertz CT molecular complexity index is 1100. The van der Waals surface area contributed by atoms with Gasteiger partial charge in [-0.15, -0.1) is 0 Å². The Morgan fingerprint density at radius 1 is 1.19 bits per heavy atom. The van der Waals surface area contributed by atoms with Crippen LogP contribution < -0.4 is 5.32 Å². The summed E-state index contributed by atoms with van der Waals surface area (Å²) >= 11 is 0. The van der Waals surface area contributed by atoms with Gasteiger partial charge >= 0.3 is 0 Å². The third kappa shape index (κ3) is 4.87. The molecule has 8 heteroatoms. The Hall–Kier alpha value is -3.10. The molecule has 1 aliphatic heterocycles. The molecule has 1 atom stereocenters. The standard InChI is InChI=1S/C24H26F2N4O2/c1-16-23(17(2)30(28-16)22-9-8-19(25)12-21(22)26)24(31)27-13-20-15-29(10-11-32-20)14-18-6-4-3-5-7-18/h3-9,12,20H,10-11,13-15H2,1-2H3,(H,27,31). The van der Waals surface area contributed by atoms with Gasteiger partial charge in [-0.3, -0.25) is 9.69 Å². The van der Waals surface area contributed by atoms with Crippen LogP contribution in [-0.4, -0.2) is 52.9 Å². The van der Waals surface area contributed by atoms with Crippen LogP contribution in [0.15, 0.2) is 48.5 Å². The summed E-state index contributed by atoms with van der Waals surface area (Å²) in [6, 6.07) is 13.5. The first-order chi connectivity index (χ1) is 15.4. The third-order valence-electron chi connectivity index (χ3n) is 5.62. The molecule has 1 amide bonds. The number of carbonyl (C=O) groups is 1. The summed E-state index contributed by atoms with van der Waals surface area (Å²) in [6.07, 6.45) is -0.124. The first-order valence-corrected chi connectivity index (χ1v) is 10.6. The first kappa shape index (κ1) is 22.1. The number of morpholine rings is 1. The highest BCUT2D eigenvalue weighted by molar-refractivity contribution is 5.96. The van der Waals surface area contributed by atoms with Crippen molar-refractivity contribution in [2.24, 2.45) is 0 Å². The quantitative estimate of drug-likeness (QED) is 0.638. The van der Waals surface area contributed by atoms with E-state index in [-0.39, 0.29) is 17.7 Å². The molecule has 1 fully saturated rings. The van der Waals surface area contributed by atoms with Gasteiger partial charge in [-0.25, -0.2) is 13.5 Å². The molecule has 6 nitrogen and oxygen atoms in total. The molecular formula is C24H26F2N4O2. The van der Waals surface area contributed by atoms with E-state index in [0.717, 1.165) is 25.2 Å². The molecule has 32 heavy (non-hydrogen) atoms. The first-order valence-electron chi connectivity index (χ1n) is 10.6. The number of nitrogens with zero attached hydrogens (tertiary/aromatic N) is 3. The maximum absolute atomic E-state index is 14.2. The van der Waals surface area contributed by atoms with E-state index in [1.54, 1.807) is 13.8 Å². The maximum Gasteiger partial charge on any atom is 0.255 e. The van der Waals surface area contributed by atoms with Gasteiger partial charge in [0.15, 0.2) is 5.82 Å². The zero-order chi connectivity index (χ0) is 22.7. The number of carbonyl (C=O) groups excluding carboxylic acids is 1. The van der Waals surface area contributed by atoms with Crippen LogP contribution in [0.2, 0.25) is 0 Å². The molecule has 1 saturated heterocycles. The van der Waals surface area contributed by atoms with E-state index in [1.807, 2.05) is 18.2 Å². The van der Waals surface area contributed by atoms with Crippen molar-refractivity contribution in [3.8, 4) is 5.69 Å². The number of ether oxygens (including phenoxy) is 1. The molecule has 0 bridgehead atoms. The van der Waals surface area contributed by atoms with Gasteiger partial charge in [0.05, 0.1) is 29.7 Å². The molecule has 1 aliphatic rings. The molecule has 0 saturated carbocycles. The fourth-order valence-corrected chi connectivity index (χ4v) is 4.04. The number of nitrogens with one attached hydrogen (secondary N) is 1. The smallest absolute Gasteiger partial charge is 0.255 e. The number of hydrogen-bond donors (Lipinski definition) is 1. The molecule has 1 aromatic heterocycles. The van der Waals surface area contributed by atoms with Gasteiger partial charge in [-0.1, -0.05) is 30.3 Å². The molecule has 1 N–H and O–H groups in total. The van der Waals surface area contributed by atoms with Crippen molar-refractivity contribution >= 4 is 5.91 Å². The van der Waals surface area contributed by atoms with Crippen LogP contribution in [-0.2, 0) is 11.3 Å². The molecule has 0 radical (unpaired) electrons. The number of halogens is 2. The predicted molar refractivity (Wildman–Crippen MR) is 117 cm³/mol. The summed E-state index contributed by atoms with van der Waals surface area (Å²) < 4.78 is 34.6. The van der Waals surface area contributed by atoms with Gasteiger partial charge < -0.3 is 10.1 Å². The minimum absolute atomic E-state index is 0.0956. The van der Waals surface area contributed by atoms with Crippen molar-refractivity contribution in [3.05, 3.63) is 82.7 Å². The molecule has 0 spiro atoms. The molecule has 3 aromatic rings. The van der Waals surface area contributed by atoms with Crippen LogP contribution in [0.4, 0.5) is 8.78 Å². The van der Waals surface area contributed by atoms with Gasteiger partial charge in [-0.2, -0.15) is 5.10 Å². The molecule has 2 aromatic carbocycles. The average molecular weight is 440 g/mol. The van der Waals surface area contributed by atoms with E-state index in [9.17, 15) is 13.6 Å². The lowest BCUT2D eigenvalue weighted by atomic mass is 10.1. The van der Waals surface area contributed by atoms with Crippen LogP contribution in [0.5, 0.6) is 0 Å². The number of aryl methyl sites for hydroxylation is 1. The maximum atomic E-state index is 14.2. The topological polar surface area (TPSA) is 59.4 Å². The van der Waals surface area contributed by atoms with Gasteiger partial charge in [0.1, 0.15) is 11.5 Å². The van der Waals surface area contributed by atoms with Crippen LogP contribution >= 0.6 is 0 Å². The predicted octanol–water partition coefficient (Wildman–Crippen LogP) is 3.40. The van der Waals surface area contributed by atoms with E-state index >= 15 is 0 Å². The lowest BCUT2D eigenvalue weighted by molar-refractivity contribution is -0.0292. The van der Waals surface area contributed by atoms with Crippen molar-refractivity contribution in [1.82, 2.24) is 20.0 Å². The van der Waals surface area contributed by atoms with Crippen LogP contribution in [0.3, 0.4) is 0 Å². The van der Waals surface area contributed by atoms with Crippen molar-refractivity contribution in [1.29, 1.82) is 0 Å². The van der Waals surface area contributed by atoms with Crippen molar-refractivity contribution in [3.63, 3.8) is 0 Å². The summed E-state index contributed by atoms with van der Waals surface area (Å²) in [5.74, 6) is -1.70. The number of hydrogen-bond acceptors (Lipinski definition) is 4. The Labute approximate surface area is 185 Å². The third-order valence-corrected chi connectivity index (χ3v) is 5.62. The molecule has 4 rings (SSSR count). The van der Waals surface area contributed by atoms with Gasteiger partial charge in [0, 0.05) is 32.2 Å². The Morgan fingerprint density at radius 2 is 1.97 bits per heavy atom. The monoisotopic (exact) mass is 440 g/mol. The van der Waals surface area contributed by atoms with E-state index < -0.39 is 11.6 Å². The SMILES string of the molecule is Cc1nn(-c2ccc(F)cc2F)c(C)c1C(=O)NCC1CN(Cc2ccccc2)CCO1. The van der Waals surface area contributed by atoms with E-state index in [0.29, 0.717) is 36.6 Å². The number of rotatable bonds is 6. The van der Waals surface area contributed by atoms with Crippen molar-refractivity contribution < 1.29 is 18.3 Å². The van der Waals surface area contributed by atoms with Crippen molar-refractivity contribution in [2.45, 2.75) is 26.5 Å². The van der Waals surface area contributed by atoms with Gasteiger partial charge in [0.2, 0.25) is 0 Å². The molecule has 168 valence electrons. The largest absolute Gasteiger partial charge is 0.374 e. The summed E-state index contributed by atoms with van der Waals surface area (Å²) in [6.45, 7) is 6.74. The minimum atomic E-state index is -0.739. The lowest BCUT2D eigenvalue weighted by Crippen LogP contribution is -2.47. The van der Waals surface area contributed by atoms with E-state index in [1.165, 1.54) is 16.3 Å². The molecular weight excluding hydrogens is 414 g/mol. The van der Waals surface area contributed by atoms with Crippen LogP contribution in [0.1, 0.15) is 27.3 Å². The zero-order valence-electron chi connectivity index (χ0n) is 18.1. The second-order valence-electron chi connectivity index (χ2n) is 7.98. The summed E-state index contributed by atoms with van der Waals surface area (Å²) in [7, 11) is 0. The highest BCUT2D eigenvalue weighted by atomic mass is 19.1. The van der Waals surface area contributed by atoms with E-state index in [4.69, 9.17) is 4.74 Å². The fraction of sp³-hybridized carbons (Fsp3) is 0.333. The highest BCUT2D eigenvalue weighted by Gasteiger charge is 2.24. The Balaban J connectivity index is 1.40. The number of amides is 1.